The normalized spacial score (nSPS) is 23.5. The van der Waals surface area contributed by atoms with Crippen molar-refractivity contribution in [3.05, 3.63) is 57.5 Å². The highest BCUT2D eigenvalue weighted by atomic mass is 79.9. The van der Waals surface area contributed by atoms with Crippen LogP contribution in [0.4, 0.5) is 15.8 Å². The summed E-state index contributed by atoms with van der Waals surface area (Å²) in [5.41, 5.74) is 14.6. The largest absolute Gasteiger partial charge is 0.383 e. The van der Waals surface area contributed by atoms with Gasteiger partial charge in [0.05, 0.1) is 28.0 Å². The summed E-state index contributed by atoms with van der Waals surface area (Å²) in [6.07, 6.45) is 5.29. The Morgan fingerprint density at radius 1 is 1.39 bits per heavy atom. The van der Waals surface area contributed by atoms with Crippen LogP contribution in [0.2, 0.25) is 5.02 Å². The molecule has 0 radical (unpaired) electrons. The maximum absolute atomic E-state index is 14.3. The Bertz CT molecular complexity index is 1170. The van der Waals surface area contributed by atoms with Gasteiger partial charge in [-0.05, 0) is 53.9 Å². The summed E-state index contributed by atoms with van der Waals surface area (Å²) >= 11 is 9.66. The van der Waals surface area contributed by atoms with E-state index in [1.807, 2.05) is 12.3 Å². The number of rotatable bonds is 4. The van der Waals surface area contributed by atoms with Gasteiger partial charge in [-0.15, -0.1) is 0 Å². The van der Waals surface area contributed by atoms with Gasteiger partial charge < -0.3 is 16.8 Å². The lowest BCUT2D eigenvalue weighted by molar-refractivity contribution is 0.215. The molecular weight excluding hydrogens is 483 g/mol. The molecule has 3 aromatic rings. The molecule has 0 saturated heterocycles. The summed E-state index contributed by atoms with van der Waals surface area (Å²) in [5.74, 6) is -0.423. The van der Waals surface area contributed by atoms with Gasteiger partial charge in [-0.25, -0.2) is 13.9 Å². The summed E-state index contributed by atoms with van der Waals surface area (Å²) < 4.78 is 16.9. The Morgan fingerprint density at radius 2 is 2.13 bits per heavy atom. The number of nitrogens with zero attached hydrogens (tertiary/aromatic N) is 3. The zero-order chi connectivity index (χ0) is 22.6. The van der Waals surface area contributed by atoms with Gasteiger partial charge in [-0.1, -0.05) is 31.5 Å². The first-order valence-corrected chi connectivity index (χ1v) is 11.2. The molecule has 1 aliphatic carbocycles. The second-order valence-electron chi connectivity index (χ2n) is 8.86. The van der Waals surface area contributed by atoms with E-state index < -0.39 is 5.82 Å². The number of para-hydroxylation sites is 1. The number of aromatic nitrogens is 2. The summed E-state index contributed by atoms with van der Waals surface area (Å²) in [6.45, 7) is 6.42. The highest BCUT2D eigenvalue weighted by Crippen LogP contribution is 2.46. The van der Waals surface area contributed by atoms with Crippen molar-refractivity contribution < 1.29 is 4.39 Å². The zero-order valence-electron chi connectivity index (χ0n) is 17.6. The molecule has 31 heavy (non-hydrogen) atoms. The lowest BCUT2D eigenvalue weighted by Crippen LogP contribution is -2.51. The fourth-order valence-electron chi connectivity index (χ4n) is 4.10. The van der Waals surface area contributed by atoms with Gasteiger partial charge in [-0.2, -0.15) is 5.10 Å². The predicted molar refractivity (Wildman–Crippen MR) is 128 cm³/mol. The van der Waals surface area contributed by atoms with Gasteiger partial charge in [0.25, 0.3) is 0 Å². The fraction of sp³-hybridized carbons (Fsp3) is 0.364. The summed E-state index contributed by atoms with van der Waals surface area (Å²) in [5, 5.41) is 8.29. The summed E-state index contributed by atoms with van der Waals surface area (Å²) in [4.78, 5) is 4.30. The number of aliphatic imine (C=N–C) groups is 1. The molecule has 4 rings (SSSR count). The van der Waals surface area contributed by atoms with Crippen LogP contribution in [0.25, 0.3) is 5.52 Å². The molecule has 2 heterocycles. The highest BCUT2D eigenvalue weighted by Gasteiger charge is 2.49. The van der Waals surface area contributed by atoms with Crippen LogP contribution in [-0.4, -0.2) is 27.0 Å². The van der Waals surface area contributed by atoms with Gasteiger partial charge >= 0.3 is 0 Å². The second-order valence-corrected chi connectivity index (χ2v) is 10.2. The number of hydrogen-bond donors (Lipinski definition) is 3. The van der Waals surface area contributed by atoms with E-state index in [-0.39, 0.29) is 33.5 Å². The minimum Gasteiger partial charge on any atom is -0.383 e. The molecule has 6 nitrogen and oxygen atoms in total. The van der Waals surface area contributed by atoms with Crippen molar-refractivity contribution in [3.63, 3.8) is 0 Å². The van der Waals surface area contributed by atoms with E-state index in [9.17, 15) is 4.39 Å². The maximum Gasteiger partial charge on any atom is 0.150 e. The van der Waals surface area contributed by atoms with Crippen LogP contribution in [0, 0.1) is 11.2 Å². The number of hydrogen-bond acceptors (Lipinski definition) is 4. The molecule has 164 valence electrons. The number of amidine groups is 1. The Morgan fingerprint density at radius 3 is 2.77 bits per heavy atom. The molecule has 5 N–H and O–H groups in total. The molecule has 2 atom stereocenters. The third-order valence-electron chi connectivity index (χ3n) is 6.66. The molecule has 0 bridgehead atoms. The van der Waals surface area contributed by atoms with Crippen molar-refractivity contribution >= 4 is 50.3 Å². The number of fused-ring (bicyclic) bond motifs is 1. The average molecular weight is 508 g/mol. The van der Waals surface area contributed by atoms with Gasteiger partial charge in [0.15, 0.2) is 0 Å². The van der Waals surface area contributed by atoms with E-state index >= 15 is 0 Å². The van der Waals surface area contributed by atoms with E-state index in [4.69, 9.17) is 23.1 Å². The van der Waals surface area contributed by atoms with Crippen LogP contribution < -0.4 is 16.8 Å². The molecular formula is C22H25BrClFN6. The van der Waals surface area contributed by atoms with Crippen molar-refractivity contribution in [1.29, 1.82) is 0 Å². The number of benzene rings is 1. The first-order chi connectivity index (χ1) is 14.5. The molecule has 0 aliphatic heterocycles. The minimum absolute atomic E-state index is 0.000201. The van der Waals surface area contributed by atoms with Crippen molar-refractivity contribution in [2.75, 3.05) is 5.32 Å². The van der Waals surface area contributed by atoms with Crippen LogP contribution in [-0.2, 0) is 0 Å². The first-order valence-electron chi connectivity index (χ1n) is 10.0. The molecule has 2 aromatic heterocycles. The van der Waals surface area contributed by atoms with Gasteiger partial charge in [0, 0.05) is 27.7 Å². The zero-order valence-corrected chi connectivity index (χ0v) is 19.9. The molecule has 9 heteroatoms. The molecule has 1 fully saturated rings. The Balaban J connectivity index is 1.84. The Kier molecular flexibility index (Phi) is 5.52. The van der Waals surface area contributed by atoms with Crippen molar-refractivity contribution in [2.24, 2.45) is 21.9 Å². The molecule has 0 amide bonds. The van der Waals surface area contributed by atoms with Crippen LogP contribution in [0.5, 0.6) is 0 Å². The number of nitrogens with one attached hydrogen (secondary N) is 1. The van der Waals surface area contributed by atoms with E-state index in [1.165, 1.54) is 12.1 Å². The Labute approximate surface area is 194 Å². The van der Waals surface area contributed by atoms with E-state index in [0.29, 0.717) is 5.56 Å². The highest BCUT2D eigenvalue weighted by molar-refractivity contribution is 9.10. The van der Waals surface area contributed by atoms with E-state index in [2.05, 4.69) is 52.1 Å². The van der Waals surface area contributed by atoms with Crippen molar-refractivity contribution in [1.82, 2.24) is 9.61 Å². The topological polar surface area (TPSA) is 93.7 Å². The number of halogens is 3. The van der Waals surface area contributed by atoms with Gasteiger partial charge in [-0.3, -0.25) is 0 Å². The van der Waals surface area contributed by atoms with E-state index in [1.54, 1.807) is 16.8 Å². The molecule has 0 unspecified atom stereocenters. The van der Waals surface area contributed by atoms with Crippen molar-refractivity contribution in [3.8, 4) is 0 Å². The standard InChI is InChI=1S/C22H25BrClFN6/c1-21(2)17(7-8-22(21,3)27)29-18-13(10-28-31-11-12(23)9-16(18)31)20(26)30-19-14(24)5-4-6-15(19)25/h4-6,9-11,17,29H,7-8,27H2,1-3H3,(H2,26,30)/t17-,22+/m1/s1. The quantitative estimate of drug-likeness (QED) is 0.332. The third kappa shape index (κ3) is 3.81. The monoisotopic (exact) mass is 506 g/mol. The molecule has 0 spiro atoms. The fourth-order valence-corrected chi connectivity index (χ4v) is 4.72. The summed E-state index contributed by atoms with van der Waals surface area (Å²) in [7, 11) is 0. The van der Waals surface area contributed by atoms with Crippen LogP contribution in [0.15, 0.2) is 46.1 Å². The number of anilines is 1. The first kappa shape index (κ1) is 22.0. The number of nitrogens with two attached hydrogens (primary N) is 2. The summed E-state index contributed by atoms with van der Waals surface area (Å²) in [6, 6.07) is 6.45. The van der Waals surface area contributed by atoms with Crippen molar-refractivity contribution in [2.45, 2.75) is 45.2 Å². The Hall–Kier alpha value is -2.16. The van der Waals surface area contributed by atoms with Crippen LogP contribution >= 0.6 is 27.5 Å². The lowest BCUT2D eigenvalue weighted by Gasteiger charge is -2.39. The maximum atomic E-state index is 14.3. The SMILES string of the molecule is CC1(C)[C@H](Nc2c(/C(N)=N/c3c(F)cccc3Cl)cnn3cc(Br)cc23)CC[C@]1(C)N. The van der Waals surface area contributed by atoms with E-state index in [0.717, 1.165) is 28.5 Å². The molecule has 1 aromatic carbocycles. The minimum atomic E-state index is -0.541. The van der Waals surface area contributed by atoms with Crippen LogP contribution in [0.3, 0.4) is 0 Å². The van der Waals surface area contributed by atoms with Gasteiger partial charge in [0.1, 0.15) is 17.3 Å². The molecule has 1 aliphatic rings. The molecule has 1 saturated carbocycles. The van der Waals surface area contributed by atoms with Crippen LogP contribution in [0.1, 0.15) is 39.2 Å². The lowest BCUT2D eigenvalue weighted by atomic mass is 9.75. The smallest absolute Gasteiger partial charge is 0.150 e. The predicted octanol–water partition coefficient (Wildman–Crippen LogP) is 5.24. The van der Waals surface area contributed by atoms with Gasteiger partial charge in [0.2, 0.25) is 0 Å². The second kappa shape index (κ2) is 7.76. The average Bonchev–Trinajstić information content (AvgIpc) is 3.16. The third-order valence-corrected chi connectivity index (χ3v) is 7.40.